The van der Waals surface area contributed by atoms with Crippen molar-refractivity contribution in [3.8, 4) is 0 Å². The van der Waals surface area contributed by atoms with Gasteiger partial charge in [-0.15, -0.1) is 0 Å². The monoisotopic (exact) mass is 381 g/mol. The van der Waals surface area contributed by atoms with Crippen molar-refractivity contribution >= 4 is 23.5 Å². The van der Waals surface area contributed by atoms with E-state index in [0.29, 0.717) is 37.5 Å². The molecule has 2 aliphatic rings. The number of benzene rings is 1. The topological polar surface area (TPSA) is 96.5 Å². The molecule has 1 aromatic carbocycles. The summed E-state index contributed by atoms with van der Waals surface area (Å²) in [5.41, 5.74) is 4.81. The van der Waals surface area contributed by atoms with Crippen molar-refractivity contribution in [2.45, 2.75) is 32.6 Å². The smallest absolute Gasteiger partial charge is 0.414 e. The average Bonchev–Trinajstić information content (AvgIpc) is 3.31. The molecule has 2 aromatic rings. The zero-order valence-electron chi connectivity index (χ0n) is 15.8. The summed E-state index contributed by atoms with van der Waals surface area (Å²) in [6.07, 6.45) is 3.44. The van der Waals surface area contributed by atoms with Crippen LogP contribution in [0.15, 0.2) is 24.3 Å². The summed E-state index contributed by atoms with van der Waals surface area (Å²) >= 11 is 0. The molecule has 0 spiro atoms. The third-order valence-corrected chi connectivity index (χ3v) is 5.00. The van der Waals surface area contributed by atoms with E-state index >= 15 is 0 Å². The number of anilines is 2. The van der Waals surface area contributed by atoms with Gasteiger partial charge < -0.3 is 15.4 Å². The van der Waals surface area contributed by atoms with Crippen LogP contribution in [0, 0.1) is 6.92 Å². The number of fused-ring (bicyclic) bond motifs is 1. The zero-order valence-corrected chi connectivity index (χ0v) is 15.8. The molecule has 1 saturated heterocycles. The third kappa shape index (κ3) is 3.90. The molecule has 28 heavy (non-hydrogen) atoms. The van der Waals surface area contributed by atoms with Crippen LogP contribution in [-0.4, -0.2) is 41.8 Å². The molecule has 1 aliphatic heterocycles. The maximum absolute atomic E-state index is 12.2. The predicted octanol–water partition coefficient (Wildman–Crippen LogP) is 2.59. The second-order valence-corrected chi connectivity index (χ2v) is 6.95. The van der Waals surface area contributed by atoms with E-state index in [1.807, 2.05) is 13.0 Å². The van der Waals surface area contributed by atoms with Gasteiger partial charge in [0.25, 0.3) is 0 Å². The van der Waals surface area contributed by atoms with E-state index in [2.05, 4.69) is 20.6 Å². The number of aromatic nitrogens is 2. The average molecular weight is 381 g/mol. The number of cyclic esters (lactones) is 1. The van der Waals surface area contributed by atoms with Crippen LogP contribution in [0.3, 0.4) is 0 Å². The van der Waals surface area contributed by atoms with Crippen molar-refractivity contribution in [1.29, 1.82) is 0 Å². The minimum Gasteiger partial charge on any atom is -0.447 e. The normalized spacial score (nSPS) is 15.3. The molecular weight excluding hydrogens is 358 g/mol. The van der Waals surface area contributed by atoms with Gasteiger partial charge in [0, 0.05) is 35.7 Å². The second-order valence-electron chi connectivity index (χ2n) is 6.95. The molecule has 8 heteroatoms. The number of urea groups is 1. The highest BCUT2D eigenvalue weighted by molar-refractivity contribution is 5.93. The maximum atomic E-state index is 12.2. The Morgan fingerprint density at radius 1 is 1.29 bits per heavy atom. The van der Waals surface area contributed by atoms with Gasteiger partial charge in [0.2, 0.25) is 0 Å². The van der Waals surface area contributed by atoms with Crippen LogP contribution in [0.25, 0.3) is 0 Å². The molecule has 2 heterocycles. The van der Waals surface area contributed by atoms with Gasteiger partial charge in [-0.25, -0.2) is 19.6 Å². The van der Waals surface area contributed by atoms with Crippen molar-refractivity contribution in [2.75, 3.05) is 29.9 Å². The Bertz CT molecular complexity index is 915. The number of hydrogen-bond acceptors (Lipinski definition) is 5. The van der Waals surface area contributed by atoms with Gasteiger partial charge in [-0.2, -0.15) is 0 Å². The van der Waals surface area contributed by atoms with E-state index in [0.717, 1.165) is 36.5 Å². The Labute approximate surface area is 163 Å². The first-order valence-corrected chi connectivity index (χ1v) is 9.54. The molecule has 0 bridgehead atoms. The van der Waals surface area contributed by atoms with E-state index in [1.54, 1.807) is 18.2 Å². The van der Waals surface area contributed by atoms with Gasteiger partial charge in [0.1, 0.15) is 12.4 Å². The van der Waals surface area contributed by atoms with Crippen LogP contribution < -0.4 is 15.5 Å². The number of carbonyl (C=O) groups is 2. The minimum atomic E-state index is -0.369. The number of hydrogen-bond donors (Lipinski definition) is 2. The number of ether oxygens (including phenoxy) is 1. The van der Waals surface area contributed by atoms with Crippen molar-refractivity contribution < 1.29 is 14.3 Å². The van der Waals surface area contributed by atoms with E-state index in [9.17, 15) is 9.59 Å². The predicted molar refractivity (Wildman–Crippen MR) is 105 cm³/mol. The van der Waals surface area contributed by atoms with Crippen LogP contribution >= 0.6 is 0 Å². The first-order chi connectivity index (χ1) is 13.6. The Kier molecular flexibility index (Phi) is 5.10. The molecule has 3 amide bonds. The molecule has 1 fully saturated rings. The number of carbonyl (C=O) groups excluding carboxylic acids is 2. The number of nitrogens with zero attached hydrogens (tertiary/aromatic N) is 3. The maximum Gasteiger partial charge on any atom is 0.414 e. The Hall–Kier alpha value is -3.16. The Morgan fingerprint density at radius 2 is 2.18 bits per heavy atom. The molecule has 146 valence electrons. The van der Waals surface area contributed by atoms with E-state index < -0.39 is 0 Å². The molecule has 8 nitrogen and oxygen atoms in total. The highest BCUT2D eigenvalue weighted by Crippen LogP contribution is 2.23. The van der Waals surface area contributed by atoms with Crippen molar-refractivity contribution in [1.82, 2.24) is 15.3 Å². The van der Waals surface area contributed by atoms with E-state index in [1.165, 1.54) is 10.5 Å². The lowest BCUT2D eigenvalue weighted by molar-refractivity contribution is 0.181. The van der Waals surface area contributed by atoms with Crippen LogP contribution in [0.2, 0.25) is 0 Å². The Morgan fingerprint density at radius 3 is 3.00 bits per heavy atom. The summed E-state index contributed by atoms with van der Waals surface area (Å²) in [5.74, 6) is 0.771. The largest absolute Gasteiger partial charge is 0.447 e. The molecular formula is C20H23N5O3. The first-order valence-electron chi connectivity index (χ1n) is 9.54. The van der Waals surface area contributed by atoms with Gasteiger partial charge in [0.05, 0.1) is 6.54 Å². The number of rotatable bonds is 5. The summed E-state index contributed by atoms with van der Waals surface area (Å²) in [4.78, 5) is 34.6. The van der Waals surface area contributed by atoms with E-state index in [-0.39, 0.29) is 12.1 Å². The molecule has 1 aliphatic carbocycles. The quantitative estimate of drug-likeness (QED) is 0.830. The summed E-state index contributed by atoms with van der Waals surface area (Å²) < 4.78 is 4.95. The lowest BCUT2D eigenvalue weighted by Gasteiger charge is -2.14. The van der Waals surface area contributed by atoms with Gasteiger partial charge in [-0.1, -0.05) is 6.07 Å². The van der Waals surface area contributed by atoms with Gasteiger partial charge in [-0.3, -0.25) is 4.90 Å². The fraction of sp³-hybridized carbons (Fsp3) is 0.400. The summed E-state index contributed by atoms with van der Waals surface area (Å²) in [6, 6.07) is 6.82. The fourth-order valence-corrected chi connectivity index (χ4v) is 3.64. The molecule has 0 unspecified atom stereocenters. The van der Waals surface area contributed by atoms with Crippen molar-refractivity contribution in [2.24, 2.45) is 0 Å². The van der Waals surface area contributed by atoms with Crippen LogP contribution in [0.5, 0.6) is 0 Å². The van der Waals surface area contributed by atoms with Gasteiger partial charge >= 0.3 is 12.1 Å². The molecule has 0 radical (unpaired) electrons. The lowest BCUT2D eigenvalue weighted by atomic mass is 10.2. The lowest BCUT2D eigenvalue weighted by Crippen LogP contribution is -2.31. The van der Waals surface area contributed by atoms with Crippen LogP contribution in [-0.2, 0) is 24.0 Å². The van der Waals surface area contributed by atoms with Gasteiger partial charge in [0.15, 0.2) is 0 Å². The molecule has 0 atom stereocenters. The fourth-order valence-electron chi connectivity index (χ4n) is 3.64. The highest BCUT2D eigenvalue weighted by Gasteiger charge is 2.23. The number of aryl methyl sites for hydroxylation is 2. The molecule has 2 N–H and O–H groups in total. The summed E-state index contributed by atoms with van der Waals surface area (Å²) in [6.45, 7) is 3.36. The Balaban J connectivity index is 1.30. The van der Waals surface area contributed by atoms with Crippen molar-refractivity contribution in [3.63, 3.8) is 0 Å². The summed E-state index contributed by atoms with van der Waals surface area (Å²) in [5, 5.41) is 5.62. The molecule has 1 aromatic heterocycles. The SMILES string of the molecule is Cc1nc(CCNC(=O)Nc2cccc(N3CCOC3=O)c2)nc2c1CCC2. The molecule has 4 rings (SSSR count). The second kappa shape index (κ2) is 7.84. The summed E-state index contributed by atoms with van der Waals surface area (Å²) in [7, 11) is 0. The minimum absolute atomic E-state index is 0.306. The zero-order chi connectivity index (χ0) is 19.5. The molecule has 0 saturated carbocycles. The van der Waals surface area contributed by atoms with E-state index in [4.69, 9.17) is 4.74 Å². The first kappa shape index (κ1) is 18.2. The van der Waals surface area contributed by atoms with Gasteiger partial charge in [-0.05, 0) is 49.9 Å². The standard InChI is InChI=1S/C20H23N5O3/c1-13-16-6-3-7-17(16)24-18(22-13)8-9-21-19(26)23-14-4-2-5-15(12-14)25-10-11-28-20(25)27/h2,4-5,12H,3,6-11H2,1H3,(H2,21,23,26). The number of amides is 3. The number of nitrogens with one attached hydrogen (secondary N) is 2. The highest BCUT2D eigenvalue weighted by atomic mass is 16.6. The van der Waals surface area contributed by atoms with Crippen molar-refractivity contribution in [3.05, 3.63) is 47.0 Å². The van der Waals surface area contributed by atoms with Crippen LogP contribution in [0.1, 0.15) is 29.2 Å². The van der Waals surface area contributed by atoms with Crippen LogP contribution in [0.4, 0.5) is 21.0 Å². The third-order valence-electron chi connectivity index (χ3n) is 5.00.